The zero-order chi connectivity index (χ0) is 11.6. The summed E-state index contributed by atoms with van der Waals surface area (Å²) in [5.41, 5.74) is 0. The smallest absolute Gasteiger partial charge is 0.0746 e. The third-order valence-corrected chi connectivity index (χ3v) is 2.13. The van der Waals surface area contributed by atoms with Gasteiger partial charge >= 0.3 is 0 Å². The van der Waals surface area contributed by atoms with Crippen LogP contribution in [-0.2, 0) is 9.47 Å². The summed E-state index contributed by atoms with van der Waals surface area (Å²) in [5.74, 6) is 0. The highest BCUT2D eigenvalue weighted by Crippen LogP contribution is 2.08. The van der Waals surface area contributed by atoms with Crippen molar-refractivity contribution in [2.45, 2.75) is 39.3 Å². The average molecular weight is 205 g/mol. The Morgan fingerprint density at radius 2 is 1.64 bits per heavy atom. The van der Waals surface area contributed by atoms with Crippen LogP contribution in [0.25, 0.3) is 0 Å². The molecule has 3 nitrogen and oxygen atoms in total. The Balaban J connectivity index is 0. The maximum absolute atomic E-state index is 5.35. The highest BCUT2D eigenvalue weighted by Gasteiger charge is 2.21. The van der Waals surface area contributed by atoms with Crippen molar-refractivity contribution in [3.63, 3.8) is 0 Å². The van der Waals surface area contributed by atoms with Gasteiger partial charge in [0, 0.05) is 14.2 Å². The van der Waals surface area contributed by atoms with Crippen molar-refractivity contribution >= 4 is 0 Å². The summed E-state index contributed by atoms with van der Waals surface area (Å²) in [6.45, 7) is 6.85. The van der Waals surface area contributed by atoms with Gasteiger partial charge in [0.2, 0.25) is 0 Å². The SMILES string of the molecule is CC.CCC(OC)C(COC)N(C)C. The number of hydrogen-bond donors (Lipinski definition) is 0. The van der Waals surface area contributed by atoms with Gasteiger partial charge in [-0.2, -0.15) is 0 Å². The van der Waals surface area contributed by atoms with Gasteiger partial charge in [-0.15, -0.1) is 0 Å². The van der Waals surface area contributed by atoms with E-state index in [0.29, 0.717) is 6.04 Å². The molecule has 0 saturated carbocycles. The molecule has 0 saturated heterocycles. The summed E-state index contributed by atoms with van der Waals surface area (Å²) < 4.78 is 10.5. The molecule has 0 aliphatic carbocycles. The largest absolute Gasteiger partial charge is 0.383 e. The number of hydrogen-bond acceptors (Lipinski definition) is 3. The molecule has 0 aromatic heterocycles. The van der Waals surface area contributed by atoms with Crippen molar-refractivity contribution in [2.24, 2.45) is 0 Å². The van der Waals surface area contributed by atoms with E-state index in [9.17, 15) is 0 Å². The van der Waals surface area contributed by atoms with Gasteiger partial charge in [0.1, 0.15) is 0 Å². The lowest BCUT2D eigenvalue weighted by molar-refractivity contribution is -0.00496. The molecule has 14 heavy (non-hydrogen) atoms. The number of rotatable bonds is 6. The van der Waals surface area contributed by atoms with Gasteiger partial charge in [0.15, 0.2) is 0 Å². The lowest BCUT2D eigenvalue weighted by Crippen LogP contribution is -2.43. The molecule has 0 bridgehead atoms. The van der Waals surface area contributed by atoms with Gasteiger partial charge in [-0.1, -0.05) is 20.8 Å². The molecule has 0 radical (unpaired) electrons. The molecule has 0 amide bonds. The molecule has 0 N–H and O–H groups in total. The van der Waals surface area contributed by atoms with Gasteiger partial charge in [0.05, 0.1) is 18.8 Å². The first kappa shape index (κ1) is 16.3. The van der Waals surface area contributed by atoms with Crippen LogP contribution < -0.4 is 0 Å². The van der Waals surface area contributed by atoms with Crippen molar-refractivity contribution < 1.29 is 9.47 Å². The van der Waals surface area contributed by atoms with Crippen molar-refractivity contribution in [2.75, 3.05) is 34.9 Å². The second-order valence-electron chi connectivity index (χ2n) is 3.17. The third-order valence-electron chi connectivity index (χ3n) is 2.13. The normalized spacial score (nSPS) is 14.6. The summed E-state index contributed by atoms with van der Waals surface area (Å²) in [7, 11) is 7.57. The van der Waals surface area contributed by atoms with Crippen LogP contribution in [0.5, 0.6) is 0 Å². The molecule has 0 aliphatic rings. The predicted octanol–water partition coefficient (Wildman–Crippen LogP) is 2.01. The molecule has 0 aromatic rings. The zero-order valence-electron chi connectivity index (χ0n) is 10.8. The van der Waals surface area contributed by atoms with Crippen LogP contribution in [-0.4, -0.2) is 52.0 Å². The van der Waals surface area contributed by atoms with Crippen LogP contribution in [0.3, 0.4) is 0 Å². The Labute approximate surface area is 89.4 Å². The van der Waals surface area contributed by atoms with Gasteiger partial charge in [-0.25, -0.2) is 0 Å². The molecular weight excluding hydrogens is 178 g/mol. The topological polar surface area (TPSA) is 21.7 Å². The molecule has 2 unspecified atom stereocenters. The van der Waals surface area contributed by atoms with E-state index in [1.165, 1.54) is 0 Å². The fourth-order valence-electron chi connectivity index (χ4n) is 1.36. The summed E-state index contributed by atoms with van der Waals surface area (Å²) in [4.78, 5) is 2.14. The Kier molecular flexibility index (Phi) is 12.8. The van der Waals surface area contributed by atoms with Gasteiger partial charge in [0.25, 0.3) is 0 Å². The molecular formula is C11H27NO2. The van der Waals surface area contributed by atoms with E-state index in [4.69, 9.17) is 9.47 Å². The van der Waals surface area contributed by atoms with Crippen LogP contribution in [0.2, 0.25) is 0 Å². The lowest BCUT2D eigenvalue weighted by atomic mass is 10.1. The minimum Gasteiger partial charge on any atom is -0.383 e. The van der Waals surface area contributed by atoms with Gasteiger partial charge in [-0.3, -0.25) is 0 Å². The highest BCUT2D eigenvalue weighted by molar-refractivity contribution is 4.75. The molecule has 0 aliphatic heterocycles. The Morgan fingerprint density at radius 3 is 1.86 bits per heavy atom. The fraction of sp³-hybridized carbons (Fsp3) is 1.00. The van der Waals surface area contributed by atoms with E-state index in [0.717, 1.165) is 13.0 Å². The van der Waals surface area contributed by atoms with E-state index in [1.54, 1.807) is 14.2 Å². The number of methoxy groups -OCH3 is 2. The van der Waals surface area contributed by atoms with E-state index >= 15 is 0 Å². The molecule has 0 heterocycles. The van der Waals surface area contributed by atoms with Crippen molar-refractivity contribution in [1.29, 1.82) is 0 Å². The maximum Gasteiger partial charge on any atom is 0.0746 e. The number of likely N-dealkylation sites (N-methyl/N-ethyl adjacent to an activating group) is 1. The van der Waals surface area contributed by atoms with Crippen LogP contribution in [0.1, 0.15) is 27.2 Å². The summed E-state index contributed by atoms with van der Waals surface area (Å²) in [6, 6.07) is 0.352. The molecule has 0 aromatic carbocycles. The number of nitrogens with zero attached hydrogens (tertiary/aromatic N) is 1. The summed E-state index contributed by atoms with van der Waals surface area (Å²) in [5, 5.41) is 0. The molecule has 3 heteroatoms. The maximum atomic E-state index is 5.35. The van der Waals surface area contributed by atoms with Crippen LogP contribution in [0.15, 0.2) is 0 Å². The first-order valence-corrected chi connectivity index (χ1v) is 5.35. The van der Waals surface area contributed by atoms with Crippen molar-refractivity contribution in [3.05, 3.63) is 0 Å². The minimum atomic E-state index is 0.264. The van der Waals surface area contributed by atoms with E-state index in [2.05, 4.69) is 11.8 Å². The second kappa shape index (κ2) is 11.0. The zero-order valence-corrected chi connectivity index (χ0v) is 10.8. The van der Waals surface area contributed by atoms with Crippen molar-refractivity contribution in [1.82, 2.24) is 4.90 Å². The van der Waals surface area contributed by atoms with E-state index in [1.807, 2.05) is 27.9 Å². The highest BCUT2D eigenvalue weighted by atomic mass is 16.5. The lowest BCUT2D eigenvalue weighted by Gasteiger charge is -2.30. The third kappa shape index (κ3) is 6.35. The minimum absolute atomic E-state index is 0.264. The van der Waals surface area contributed by atoms with Crippen LogP contribution in [0, 0.1) is 0 Å². The van der Waals surface area contributed by atoms with Crippen LogP contribution in [0.4, 0.5) is 0 Å². The first-order chi connectivity index (χ1) is 6.67. The summed E-state index contributed by atoms with van der Waals surface area (Å²) >= 11 is 0. The summed E-state index contributed by atoms with van der Waals surface area (Å²) in [6.07, 6.45) is 1.28. The standard InChI is InChI=1S/C9H21NO2.C2H6/c1-6-9(12-5)8(7-11-4)10(2)3;1-2/h8-9H,6-7H2,1-5H3;1-2H3. The Hall–Kier alpha value is -0.120. The average Bonchev–Trinajstić information content (AvgIpc) is 2.21. The van der Waals surface area contributed by atoms with E-state index < -0.39 is 0 Å². The number of ether oxygens (including phenoxy) is 2. The molecule has 0 spiro atoms. The molecule has 0 rings (SSSR count). The monoisotopic (exact) mass is 205 g/mol. The quantitative estimate of drug-likeness (QED) is 0.662. The first-order valence-electron chi connectivity index (χ1n) is 5.35. The van der Waals surface area contributed by atoms with Gasteiger partial charge < -0.3 is 14.4 Å². The van der Waals surface area contributed by atoms with Gasteiger partial charge in [-0.05, 0) is 20.5 Å². The Bertz CT molecular complexity index is 103. The second-order valence-corrected chi connectivity index (χ2v) is 3.17. The predicted molar refractivity (Wildman–Crippen MR) is 61.8 cm³/mol. The molecule has 88 valence electrons. The molecule has 2 atom stereocenters. The van der Waals surface area contributed by atoms with E-state index in [-0.39, 0.29) is 6.10 Å². The van der Waals surface area contributed by atoms with Crippen molar-refractivity contribution in [3.8, 4) is 0 Å². The fourth-order valence-corrected chi connectivity index (χ4v) is 1.36. The molecule has 0 fully saturated rings. The Morgan fingerprint density at radius 1 is 1.14 bits per heavy atom. The van der Waals surface area contributed by atoms with Crippen LogP contribution >= 0.6 is 0 Å².